The normalized spacial score (nSPS) is 11.7. The van der Waals surface area contributed by atoms with Crippen LogP contribution in [0.25, 0.3) is 0 Å². The van der Waals surface area contributed by atoms with Crippen LogP contribution in [0.15, 0.2) is 45.9 Å². The second-order valence-corrected chi connectivity index (χ2v) is 6.59. The van der Waals surface area contributed by atoms with Gasteiger partial charge < -0.3 is 4.42 Å². The highest BCUT2D eigenvalue weighted by Crippen LogP contribution is 2.16. The molecule has 2 rings (SSSR count). The molecule has 108 valence electrons. The van der Waals surface area contributed by atoms with Crippen LogP contribution in [0.4, 0.5) is 0 Å². The molecule has 1 aromatic heterocycles. The highest BCUT2D eigenvalue weighted by atomic mass is 32.2. The van der Waals surface area contributed by atoms with Crippen LogP contribution in [0, 0.1) is 13.8 Å². The minimum Gasteiger partial charge on any atom is -0.469 e. The second kappa shape index (κ2) is 6.24. The number of benzene rings is 1. The van der Waals surface area contributed by atoms with Gasteiger partial charge in [0.15, 0.2) is 0 Å². The number of aryl methyl sites for hydroxylation is 3. The zero-order valence-electron chi connectivity index (χ0n) is 11.7. The largest absolute Gasteiger partial charge is 0.469 e. The molecule has 0 bridgehead atoms. The van der Waals surface area contributed by atoms with Crippen LogP contribution in [0.1, 0.15) is 23.3 Å². The summed E-state index contributed by atoms with van der Waals surface area (Å²) in [4.78, 5) is 0.357. The molecule has 0 unspecified atom stereocenters. The lowest BCUT2D eigenvalue weighted by Crippen LogP contribution is -2.25. The molecule has 0 aliphatic heterocycles. The Morgan fingerprint density at radius 1 is 1.20 bits per heavy atom. The van der Waals surface area contributed by atoms with Crippen molar-refractivity contribution < 1.29 is 12.8 Å². The Hall–Kier alpha value is -1.59. The Kier molecular flexibility index (Phi) is 4.62. The zero-order valence-corrected chi connectivity index (χ0v) is 12.5. The molecule has 0 radical (unpaired) electrons. The van der Waals surface area contributed by atoms with Crippen LogP contribution in [-0.2, 0) is 16.4 Å². The molecular formula is C15H19NO3S. The highest BCUT2D eigenvalue weighted by molar-refractivity contribution is 7.89. The van der Waals surface area contributed by atoms with E-state index >= 15 is 0 Å². The van der Waals surface area contributed by atoms with Crippen molar-refractivity contribution in [1.29, 1.82) is 0 Å². The van der Waals surface area contributed by atoms with Crippen molar-refractivity contribution in [2.24, 2.45) is 0 Å². The summed E-state index contributed by atoms with van der Waals surface area (Å²) in [5.41, 5.74) is 1.70. The molecule has 4 nitrogen and oxygen atoms in total. The maximum atomic E-state index is 12.2. The fourth-order valence-corrected chi connectivity index (χ4v) is 3.40. The lowest BCUT2D eigenvalue weighted by Gasteiger charge is -2.09. The van der Waals surface area contributed by atoms with Crippen LogP contribution < -0.4 is 4.72 Å². The number of nitrogens with one attached hydrogen (secondary N) is 1. The quantitative estimate of drug-likeness (QED) is 0.833. The maximum absolute atomic E-state index is 12.2. The Balaban J connectivity index is 1.95. The fourth-order valence-electron chi connectivity index (χ4n) is 2.00. The summed E-state index contributed by atoms with van der Waals surface area (Å²) in [6.45, 7) is 4.09. The van der Waals surface area contributed by atoms with Gasteiger partial charge in [0.05, 0.1) is 11.2 Å². The SMILES string of the molecule is Cc1ccc(C)c(S(=O)(=O)NCCCc2ccco2)c1. The first-order valence-electron chi connectivity index (χ1n) is 6.58. The van der Waals surface area contributed by atoms with Gasteiger partial charge in [0.2, 0.25) is 10.0 Å². The summed E-state index contributed by atoms with van der Waals surface area (Å²) < 4.78 is 32.3. The highest BCUT2D eigenvalue weighted by Gasteiger charge is 2.16. The summed E-state index contributed by atoms with van der Waals surface area (Å²) >= 11 is 0. The van der Waals surface area contributed by atoms with Crippen molar-refractivity contribution in [3.05, 3.63) is 53.5 Å². The van der Waals surface area contributed by atoms with E-state index in [1.54, 1.807) is 19.3 Å². The van der Waals surface area contributed by atoms with E-state index in [9.17, 15) is 8.42 Å². The monoisotopic (exact) mass is 293 g/mol. The third kappa shape index (κ3) is 3.71. The Morgan fingerprint density at radius 2 is 2.00 bits per heavy atom. The lowest BCUT2D eigenvalue weighted by atomic mass is 10.2. The minimum absolute atomic E-state index is 0.357. The van der Waals surface area contributed by atoms with Gasteiger partial charge in [0, 0.05) is 13.0 Å². The van der Waals surface area contributed by atoms with E-state index in [-0.39, 0.29) is 0 Å². The third-order valence-corrected chi connectivity index (χ3v) is 4.71. The summed E-state index contributed by atoms with van der Waals surface area (Å²) in [5.74, 6) is 0.871. The average molecular weight is 293 g/mol. The van der Waals surface area contributed by atoms with Crippen LogP contribution >= 0.6 is 0 Å². The van der Waals surface area contributed by atoms with Crippen LogP contribution in [-0.4, -0.2) is 15.0 Å². The summed E-state index contributed by atoms with van der Waals surface area (Å²) in [7, 11) is -3.44. The average Bonchev–Trinajstić information content (AvgIpc) is 2.90. The summed E-state index contributed by atoms with van der Waals surface area (Å²) in [6, 6.07) is 9.15. The van der Waals surface area contributed by atoms with Gasteiger partial charge in [0.25, 0.3) is 0 Å². The molecule has 1 aromatic carbocycles. The van der Waals surface area contributed by atoms with Crippen molar-refractivity contribution in [2.75, 3.05) is 6.54 Å². The van der Waals surface area contributed by atoms with Crippen LogP contribution in [0.2, 0.25) is 0 Å². The van der Waals surface area contributed by atoms with Gasteiger partial charge in [0.1, 0.15) is 5.76 Å². The van der Waals surface area contributed by atoms with Gasteiger partial charge >= 0.3 is 0 Å². The van der Waals surface area contributed by atoms with E-state index < -0.39 is 10.0 Å². The molecule has 0 amide bonds. The lowest BCUT2D eigenvalue weighted by molar-refractivity contribution is 0.500. The van der Waals surface area contributed by atoms with Crippen molar-refractivity contribution in [1.82, 2.24) is 4.72 Å². The van der Waals surface area contributed by atoms with E-state index in [2.05, 4.69) is 4.72 Å². The second-order valence-electron chi connectivity index (χ2n) is 4.85. The molecule has 1 heterocycles. The van der Waals surface area contributed by atoms with Gasteiger partial charge in [-0.25, -0.2) is 13.1 Å². The summed E-state index contributed by atoms with van der Waals surface area (Å²) in [5, 5.41) is 0. The van der Waals surface area contributed by atoms with Gasteiger partial charge in [-0.1, -0.05) is 12.1 Å². The molecule has 0 saturated heterocycles. The molecule has 0 aliphatic carbocycles. The Morgan fingerprint density at radius 3 is 2.70 bits per heavy atom. The summed E-state index contributed by atoms with van der Waals surface area (Å²) in [6.07, 6.45) is 3.05. The van der Waals surface area contributed by atoms with Crippen molar-refractivity contribution in [2.45, 2.75) is 31.6 Å². The van der Waals surface area contributed by atoms with E-state index in [0.717, 1.165) is 23.3 Å². The van der Waals surface area contributed by atoms with E-state index in [0.29, 0.717) is 17.9 Å². The number of hydrogen-bond donors (Lipinski definition) is 1. The number of rotatable bonds is 6. The maximum Gasteiger partial charge on any atom is 0.240 e. The molecule has 1 N–H and O–H groups in total. The Labute approximate surface area is 119 Å². The number of hydrogen-bond acceptors (Lipinski definition) is 3. The molecule has 0 atom stereocenters. The number of furan rings is 1. The van der Waals surface area contributed by atoms with Crippen LogP contribution in [0.5, 0.6) is 0 Å². The minimum atomic E-state index is -3.44. The molecule has 5 heteroatoms. The standard InChI is InChI=1S/C15H19NO3S/c1-12-7-8-13(2)15(11-12)20(17,18)16-9-3-5-14-6-4-10-19-14/h4,6-8,10-11,16H,3,5,9H2,1-2H3. The third-order valence-electron chi connectivity index (χ3n) is 3.11. The predicted molar refractivity (Wildman–Crippen MR) is 78.1 cm³/mol. The van der Waals surface area contributed by atoms with Gasteiger partial charge in [-0.05, 0) is 49.6 Å². The number of sulfonamides is 1. The van der Waals surface area contributed by atoms with E-state index in [4.69, 9.17) is 4.42 Å². The predicted octanol–water partition coefficient (Wildman–Crippen LogP) is 2.81. The molecular weight excluding hydrogens is 274 g/mol. The molecule has 0 spiro atoms. The van der Waals surface area contributed by atoms with Crippen molar-refractivity contribution in [3.8, 4) is 0 Å². The molecule has 20 heavy (non-hydrogen) atoms. The molecule has 2 aromatic rings. The first kappa shape index (κ1) is 14.8. The van der Waals surface area contributed by atoms with Crippen molar-refractivity contribution >= 4 is 10.0 Å². The smallest absolute Gasteiger partial charge is 0.240 e. The van der Waals surface area contributed by atoms with E-state index in [1.807, 2.05) is 31.2 Å². The first-order chi connectivity index (χ1) is 9.49. The fraction of sp³-hybridized carbons (Fsp3) is 0.333. The van der Waals surface area contributed by atoms with Gasteiger partial charge in [-0.2, -0.15) is 0 Å². The molecule has 0 fully saturated rings. The van der Waals surface area contributed by atoms with Crippen molar-refractivity contribution in [3.63, 3.8) is 0 Å². The van der Waals surface area contributed by atoms with Gasteiger partial charge in [-0.15, -0.1) is 0 Å². The van der Waals surface area contributed by atoms with Gasteiger partial charge in [-0.3, -0.25) is 0 Å². The molecule has 0 aliphatic rings. The van der Waals surface area contributed by atoms with E-state index in [1.165, 1.54) is 0 Å². The zero-order chi connectivity index (χ0) is 14.6. The topological polar surface area (TPSA) is 59.3 Å². The first-order valence-corrected chi connectivity index (χ1v) is 8.07. The van der Waals surface area contributed by atoms with Crippen LogP contribution in [0.3, 0.4) is 0 Å². The molecule has 0 saturated carbocycles. The Bertz CT molecular complexity index is 660.